The Morgan fingerprint density at radius 1 is 1.12 bits per heavy atom. The fraction of sp³-hybridized carbons (Fsp3) is 0.333. The van der Waals surface area contributed by atoms with Crippen molar-refractivity contribution in [2.45, 2.75) is 58.4 Å². The van der Waals surface area contributed by atoms with Gasteiger partial charge in [-0.1, -0.05) is 43.3 Å². The summed E-state index contributed by atoms with van der Waals surface area (Å²) in [4.78, 5) is 12.8. The third kappa shape index (κ3) is 5.47. The van der Waals surface area contributed by atoms with Crippen LogP contribution in [0.25, 0.3) is 32.8 Å². The van der Waals surface area contributed by atoms with Crippen LogP contribution >= 0.6 is 0 Å². The number of nitrogens with one attached hydrogen (secondary N) is 1. The summed E-state index contributed by atoms with van der Waals surface area (Å²) in [6.07, 6.45) is -1.17. The van der Waals surface area contributed by atoms with E-state index in [0.717, 1.165) is 64.0 Å². The Balaban J connectivity index is 1.34. The van der Waals surface area contributed by atoms with Crippen molar-refractivity contribution >= 4 is 27.6 Å². The monoisotopic (exact) mass is 591 g/mol. The molecule has 0 saturated carbocycles. The smallest absolute Gasteiger partial charge is 0.416 e. The molecule has 1 aliphatic rings. The Bertz CT molecular complexity index is 1810. The number of halogens is 3. The van der Waals surface area contributed by atoms with E-state index in [2.05, 4.69) is 10.2 Å². The Morgan fingerprint density at radius 2 is 1.95 bits per heavy atom. The van der Waals surface area contributed by atoms with Gasteiger partial charge in [-0.25, -0.2) is 4.79 Å². The van der Waals surface area contributed by atoms with Crippen molar-refractivity contribution in [3.63, 3.8) is 0 Å². The Kier molecular flexibility index (Phi) is 7.87. The average molecular weight is 592 g/mol. The number of carboxylic acids is 1. The molecule has 3 aromatic carbocycles. The molecule has 0 radical (unpaired) electrons. The molecule has 6 rings (SSSR count). The highest BCUT2D eigenvalue weighted by Crippen LogP contribution is 2.39. The lowest BCUT2D eigenvalue weighted by atomic mass is 9.97. The zero-order chi connectivity index (χ0) is 30.1. The van der Waals surface area contributed by atoms with Crippen LogP contribution in [0.3, 0.4) is 0 Å². The molecule has 0 aliphatic carbocycles. The van der Waals surface area contributed by atoms with Gasteiger partial charge < -0.3 is 19.1 Å². The van der Waals surface area contributed by atoms with E-state index in [1.54, 1.807) is 18.2 Å². The normalized spacial score (nSPS) is 14.0. The van der Waals surface area contributed by atoms with Gasteiger partial charge in [0.15, 0.2) is 0 Å². The van der Waals surface area contributed by atoms with Crippen LogP contribution in [-0.4, -0.2) is 39.1 Å². The van der Waals surface area contributed by atoms with E-state index in [4.69, 9.17) is 9.47 Å². The molecular weight excluding hydrogens is 559 g/mol. The van der Waals surface area contributed by atoms with Crippen LogP contribution in [0.1, 0.15) is 59.2 Å². The number of H-pyrrole nitrogens is 1. The van der Waals surface area contributed by atoms with Crippen LogP contribution in [0, 0.1) is 0 Å². The molecule has 0 atom stereocenters. The van der Waals surface area contributed by atoms with Gasteiger partial charge in [0.05, 0.1) is 35.7 Å². The predicted molar refractivity (Wildman–Crippen MR) is 158 cm³/mol. The second kappa shape index (κ2) is 11.8. The standard InChI is InChI=1S/C33H32F3N3O4/c1-2-26-29-25-10-6-9-23-24(31(32(40)41)39(30(23)25)15-3-4-16-42-19-27(29)38-37-26)11-7-17-43-28-12-5-8-20-18-21(33(34,35)36)13-14-22(20)28/h5-6,8-10,12-14,18H,2-4,7,11,15-17,19H2,1H3,(H,37,38)(H,40,41). The van der Waals surface area contributed by atoms with E-state index in [9.17, 15) is 23.1 Å². The fourth-order valence-electron chi connectivity index (χ4n) is 6.14. The Morgan fingerprint density at radius 3 is 2.74 bits per heavy atom. The predicted octanol–water partition coefficient (Wildman–Crippen LogP) is 7.79. The number of rotatable bonds is 7. The van der Waals surface area contributed by atoms with Crippen LogP contribution in [0.4, 0.5) is 13.2 Å². The van der Waals surface area contributed by atoms with Crippen molar-refractivity contribution < 1.29 is 32.5 Å². The molecule has 43 heavy (non-hydrogen) atoms. The number of benzene rings is 3. The minimum absolute atomic E-state index is 0.273. The minimum atomic E-state index is -4.42. The number of aromatic amines is 1. The molecule has 0 fully saturated rings. The first-order valence-corrected chi connectivity index (χ1v) is 14.5. The quantitative estimate of drug-likeness (QED) is 0.189. The van der Waals surface area contributed by atoms with E-state index in [1.807, 2.05) is 29.7 Å². The zero-order valence-corrected chi connectivity index (χ0v) is 23.8. The second-order valence-corrected chi connectivity index (χ2v) is 10.8. The summed E-state index contributed by atoms with van der Waals surface area (Å²) >= 11 is 0. The zero-order valence-electron chi connectivity index (χ0n) is 23.8. The summed E-state index contributed by atoms with van der Waals surface area (Å²) in [5, 5.41) is 20.0. The molecule has 0 amide bonds. The summed E-state index contributed by atoms with van der Waals surface area (Å²) < 4.78 is 53.5. The van der Waals surface area contributed by atoms with Gasteiger partial charge in [0.25, 0.3) is 0 Å². The maximum absolute atomic E-state index is 13.2. The molecule has 3 heterocycles. The molecule has 2 N–H and O–H groups in total. The highest BCUT2D eigenvalue weighted by atomic mass is 19.4. The second-order valence-electron chi connectivity index (χ2n) is 10.8. The fourth-order valence-corrected chi connectivity index (χ4v) is 6.14. The first kappa shape index (κ1) is 28.8. The number of fused-ring (bicyclic) bond motifs is 3. The van der Waals surface area contributed by atoms with Crippen molar-refractivity contribution in [1.29, 1.82) is 0 Å². The summed E-state index contributed by atoms with van der Waals surface area (Å²) in [5.74, 6) is -0.493. The minimum Gasteiger partial charge on any atom is -0.493 e. The van der Waals surface area contributed by atoms with Crippen molar-refractivity contribution in [2.75, 3.05) is 13.2 Å². The summed E-state index contributed by atoms with van der Waals surface area (Å²) in [6, 6.07) is 14.6. The van der Waals surface area contributed by atoms with E-state index < -0.39 is 17.7 Å². The number of carboxylic acid groups (broad SMARTS) is 1. The topological polar surface area (TPSA) is 89.4 Å². The highest BCUT2D eigenvalue weighted by Gasteiger charge is 2.31. The van der Waals surface area contributed by atoms with E-state index >= 15 is 0 Å². The van der Waals surface area contributed by atoms with E-state index in [-0.39, 0.29) is 12.3 Å². The largest absolute Gasteiger partial charge is 0.493 e. The number of carbonyl (C=O) groups is 1. The van der Waals surface area contributed by atoms with Crippen molar-refractivity contribution in [3.8, 4) is 16.9 Å². The van der Waals surface area contributed by atoms with Gasteiger partial charge in [0.1, 0.15) is 11.4 Å². The van der Waals surface area contributed by atoms with E-state index in [1.165, 1.54) is 6.07 Å². The number of aromatic carboxylic acids is 1. The van der Waals surface area contributed by atoms with Crippen LogP contribution in [0.5, 0.6) is 5.75 Å². The molecule has 0 bridgehead atoms. The van der Waals surface area contributed by atoms with Gasteiger partial charge in [-0.3, -0.25) is 5.10 Å². The molecule has 0 saturated heterocycles. The highest BCUT2D eigenvalue weighted by molar-refractivity contribution is 6.04. The number of aromatic nitrogens is 3. The molecule has 7 nitrogen and oxygen atoms in total. The number of alkyl halides is 3. The average Bonchev–Trinajstić information content (AvgIpc) is 3.54. The molecule has 5 aromatic rings. The van der Waals surface area contributed by atoms with E-state index in [0.29, 0.717) is 55.5 Å². The van der Waals surface area contributed by atoms with Crippen LogP contribution in [0.15, 0.2) is 54.6 Å². The molecule has 10 heteroatoms. The van der Waals surface area contributed by atoms with Gasteiger partial charge in [0, 0.05) is 35.1 Å². The first-order valence-electron chi connectivity index (χ1n) is 14.5. The first-order chi connectivity index (χ1) is 20.8. The molecule has 1 aliphatic heterocycles. The van der Waals surface area contributed by atoms with Gasteiger partial charge in [-0.05, 0) is 61.3 Å². The van der Waals surface area contributed by atoms with Crippen molar-refractivity contribution in [1.82, 2.24) is 14.8 Å². The van der Waals surface area contributed by atoms with Gasteiger partial charge in [-0.15, -0.1) is 0 Å². The number of hydrogen-bond acceptors (Lipinski definition) is 4. The number of nitrogens with zero attached hydrogens (tertiary/aromatic N) is 2. The van der Waals surface area contributed by atoms with Gasteiger partial charge in [0.2, 0.25) is 0 Å². The van der Waals surface area contributed by atoms with Crippen LogP contribution < -0.4 is 4.74 Å². The number of para-hydroxylation sites is 1. The number of aryl methyl sites for hydroxylation is 3. The van der Waals surface area contributed by atoms with Crippen LogP contribution in [0.2, 0.25) is 0 Å². The molecule has 2 aromatic heterocycles. The third-order valence-electron chi connectivity index (χ3n) is 8.07. The number of ether oxygens (including phenoxy) is 2. The molecule has 0 unspecified atom stereocenters. The summed E-state index contributed by atoms with van der Waals surface area (Å²) in [7, 11) is 0. The SMILES string of the molecule is CCc1n[nH]c2c1-c1cccc3c(CCCOc4cccc5cc(C(F)(F)F)ccc45)c(C(=O)O)n(c13)CCCCOC2. The van der Waals surface area contributed by atoms with Gasteiger partial charge >= 0.3 is 12.1 Å². The maximum atomic E-state index is 13.2. The molecular formula is C33H32F3N3O4. The van der Waals surface area contributed by atoms with Crippen molar-refractivity contribution in [2.24, 2.45) is 0 Å². The lowest BCUT2D eigenvalue weighted by Crippen LogP contribution is -2.12. The van der Waals surface area contributed by atoms with Gasteiger partial charge in [-0.2, -0.15) is 18.3 Å². The lowest BCUT2D eigenvalue weighted by molar-refractivity contribution is -0.137. The lowest BCUT2D eigenvalue weighted by Gasteiger charge is -2.12. The summed E-state index contributed by atoms with van der Waals surface area (Å²) in [6.45, 7) is 3.83. The Hall–Kier alpha value is -4.31. The molecule has 224 valence electrons. The third-order valence-corrected chi connectivity index (χ3v) is 8.07. The molecule has 0 spiro atoms. The summed E-state index contributed by atoms with van der Waals surface area (Å²) in [5.41, 5.74) is 4.87. The Labute approximate surface area is 246 Å². The van der Waals surface area contributed by atoms with Crippen molar-refractivity contribution in [3.05, 3.63) is 82.8 Å². The maximum Gasteiger partial charge on any atom is 0.416 e. The number of hydrogen-bond donors (Lipinski definition) is 2. The van der Waals surface area contributed by atoms with Crippen LogP contribution in [-0.2, 0) is 36.9 Å².